The summed E-state index contributed by atoms with van der Waals surface area (Å²) >= 11 is 6.22. The van der Waals surface area contributed by atoms with Gasteiger partial charge in [0.15, 0.2) is 0 Å². The fourth-order valence-corrected chi connectivity index (χ4v) is 3.43. The summed E-state index contributed by atoms with van der Waals surface area (Å²) in [6, 6.07) is 3.80. The molecule has 5 nitrogen and oxygen atoms in total. The monoisotopic (exact) mass is 336 g/mol. The summed E-state index contributed by atoms with van der Waals surface area (Å²) in [6.45, 7) is 6.26. The maximum Gasteiger partial charge on any atom is 0.228 e. The van der Waals surface area contributed by atoms with E-state index in [1.165, 1.54) is 0 Å². The van der Waals surface area contributed by atoms with E-state index in [9.17, 15) is 9.59 Å². The van der Waals surface area contributed by atoms with Gasteiger partial charge in [-0.15, -0.1) is 0 Å². The minimum Gasteiger partial charge on any atom is -0.378 e. The molecule has 3 rings (SSSR count). The highest BCUT2D eigenvalue weighted by Crippen LogP contribution is 2.41. The Morgan fingerprint density at radius 1 is 1.22 bits per heavy atom. The largest absolute Gasteiger partial charge is 0.378 e. The van der Waals surface area contributed by atoms with Crippen molar-refractivity contribution in [3.8, 4) is 0 Å². The molecule has 1 aromatic carbocycles. The number of hydrogen-bond donors (Lipinski definition) is 1. The van der Waals surface area contributed by atoms with Gasteiger partial charge in [-0.3, -0.25) is 9.59 Å². The lowest BCUT2D eigenvalue weighted by Gasteiger charge is -2.27. The van der Waals surface area contributed by atoms with Gasteiger partial charge in [-0.25, -0.2) is 0 Å². The number of nitrogens with one attached hydrogen (secondary N) is 1. The van der Waals surface area contributed by atoms with E-state index in [2.05, 4.69) is 5.32 Å². The normalized spacial score (nSPS) is 23.5. The summed E-state index contributed by atoms with van der Waals surface area (Å²) in [7, 11) is 0. The van der Waals surface area contributed by atoms with Crippen LogP contribution < -0.4 is 5.32 Å². The Bertz CT molecular complexity index is 618. The minimum absolute atomic E-state index is 0.0696. The molecule has 1 aliphatic heterocycles. The predicted octanol–water partition coefficient (Wildman–Crippen LogP) is 2.39. The van der Waals surface area contributed by atoms with E-state index in [4.69, 9.17) is 16.3 Å². The van der Waals surface area contributed by atoms with Crippen LogP contribution in [-0.4, -0.2) is 43.0 Å². The van der Waals surface area contributed by atoms with E-state index in [-0.39, 0.29) is 23.7 Å². The maximum absolute atomic E-state index is 12.4. The second-order valence-corrected chi connectivity index (χ2v) is 6.72. The van der Waals surface area contributed by atoms with Crippen LogP contribution in [0.25, 0.3) is 0 Å². The number of anilines is 1. The third kappa shape index (κ3) is 3.51. The molecule has 1 saturated carbocycles. The molecule has 2 fully saturated rings. The highest BCUT2D eigenvalue weighted by molar-refractivity contribution is 6.34. The molecular formula is C17H21ClN2O3. The molecule has 0 radical (unpaired) electrons. The minimum atomic E-state index is -0.248. The zero-order valence-electron chi connectivity index (χ0n) is 13.4. The molecule has 23 heavy (non-hydrogen) atoms. The molecule has 6 heteroatoms. The number of morpholine rings is 1. The van der Waals surface area contributed by atoms with Gasteiger partial charge in [0.05, 0.1) is 35.8 Å². The quantitative estimate of drug-likeness (QED) is 0.922. The van der Waals surface area contributed by atoms with E-state index in [0.29, 0.717) is 43.4 Å². The summed E-state index contributed by atoms with van der Waals surface area (Å²) < 4.78 is 5.25. The number of amides is 2. The second kappa shape index (κ2) is 6.49. The summed E-state index contributed by atoms with van der Waals surface area (Å²) in [5.74, 6) is -0.495. The number of carbonyl (C=O) groups is 2. The lowest BCUT2D eigenvalue weighted by Crippen LogP contribution is -2.42. The Morgan fingerprint density at radius 2 is 1.91 bits per heavy atom. The van der Waals surface area contributed by atoms with Crippen molar-refractivity contribution >= 4 is 29.1 Å². The molecule has 2 atom stereocenters. The summed E-state index contributed by atoms with van der Waals surface area (Å²) in [5, 5.41) is 3.42. The van der Waals surface area contributed by atoms with Crippen molar-refractivity contribution in [3.05, 3.63) is 28.3 Å². The highest BCUT2D eigenvalue weighted by atomic mass is 35.5. The van der Waals surface area contributed by atoms with Crippen LogP contribution >= 0.6 is 11.6 Å². The summed E-state index contributed by atoms with van der Waals surface area (Å²) in [4.78, 5) is 26.6. The molecule has 2 aliphatic rings. The standard InChI is InChI=1S/C17H21ClN2O3/c1-10-7-11(2)15(14(18)8-10)19-16(21)12-9-13(12)17(22)20-3-5-23-6-4-20/h7-8,12-13H,3-6,9H2,1-2H3,(H,19,21). The number of nitrogens with zero attached hydrogens (tertiary/aromatic N) is 1. The van der Waals surface area contributed by atoms with Crippen LogP contribution in [-0.2, 0) is 14.3 Å². The molecule has 0 spiro atoms. The SMILES string of the molecule is Cc1cc(C)c(NC(=O)C2CC2C(=O)N2CCOCC2)c(Cl)c1. The van der Waals surface area contributed by atoms with Crippen LogP contribution in [0.3, 0.4) is 0 Å². The first kappa shape index (κ1) is 16.3. The Kier molecular flexibility index (Phi) is 4.60. The zero-order chi connectivity index (χ0) is 16.6. The van der Waals surface area contributed by atoms with E-state index in [1.54, 1.807) is 4.90 Å². The predicted molar refractivity (Wildman–Crippen MR) is 88.6 cm³/mol. The number of aryl methyl sites for hydroxylation is 2. The topological polar surface area (TPSA) is 58.6 Å². The van der Waals surface area contributed by atoms with Crippen LogP contribution in [0.1, 0.15) is 17.5 Å². The lowest BCUT2D eigenvalue weighted by molar-refractivity contribution is -0.137. The molecule has 0 aromatic heterocycles. The Hall–Kier alpha value is -1.59. The number of benzene rings is 1. The third-order valence-corrected chi connectivity index (χ3v) is 4.75. The fourth-order valence-electron chi connectivity index (χ4n) is 3.07. The number of rotatable bonds is 3. The molecule has 0 bridgehead atoms. The second-order valence-electron chi connectivity index (χ2n) is 6.31. The van der Waals surface area contributed by atoms with Gasteiger partial charge in [-0.1, -0.05) is 17.7 Å². The van der Waals surface area contributed by atoms with Crippen molar-refractivity contribution in [2.75, 3.05) is 31.6 Å². The third-order valence-electron chi connectivity index (χ3n) is 4.45. The average Bonchev–Trinajstić information content (AvgIpc) is 3.31. The smallest absolute Gasteiger partial charge is 0.228 e. The van der Waals surface area contributed by atoms with Crippen LogP contribution in [0, 0.1) is 25.7 Å². The summed E-state index contributed by atoms with van der Waals surface area (Å²) in [6.07, 6.45) is 0.616. The van der Waals surface area contributed by atoms with Crippen LogP contribution in [0.4, 0.5) is 5.69 Å². The van der Waals surface area contributed by atoms with Gasteiger partial charge < -0.3 is 15.0 Å². The summed E-state index contributed by atoms with van der Waals surface area (Å²) in [5.41, 5.74) is 2.63. The molecule has 1 aromatic rings. The molecule has 1 aliphatic carbocycles. The average molecular weight is 337 g/mol. The Morgan fingerprint density at radius 3 is 2.57 bits per heavy atom. The van der Waals surface area contributed by atoms with Gasteiger partial charge in [0, 0.05) is 13.1 Å². The van der Waals surface area contributed by atoms with Crippen molar-refractivity contribution in [1.29, 1.82) is 0 Å². The number of carbonyl (C=O) groups excluding carboxylic acids is 2. The van der Waals surface area contributed by atoms with Crippen molar-refractivity contribution < 1.29 is 14.3 Å². The first-order chi connectivity index (χ1) is 11.0. The van der Waals surface area contributed by atoms with E-state index in [1.807, 2.05) is 26.0 Å². The molecule has 124 valence electrons. The molecular weight excluding hydrogens is 316 g/mol. The van der Waals surface area contributed by atoms with Crippen molar-refractivity contribution in [1.82, 2.24) is 4.90 Å². The number of hydrogen-bond acceptors (Lipinski definition) is 3. The molecule has 2 unspecified atom stereocenters. The first-order valence-corrected chi connectivity index (χ1v) is 8.29. The van der Waals surface area contributed by atoms with Crippen LogP contribution in [0.15, 0.2) is 12.1 Å². The molecule has 2 amide bonds. The van der Waals surface area contributed by atoms with Crippen LogP contribution in [0.5, 0.6) is 0 Å². The zero-order valence-corrected chi connectivity index (χ0v) is 14.2. The van der Waals surface area contributed by atoms with Gasteiger partial charge in [0.2, 0.25) is 11.8 Å². The molecule has 1 N–H and O–H groups in total. The van der Waals surface area contributed by atoms with Gasteiger partial charge in [-0.05, 0) is 37.5 Å². The van der Waals surface area contributed by atoms with Gasteiger partial charge >= 0.3 is 0 Å². The molecule has 1 saturated heterocycles. The van der Waals surface area contributed by atoms with Gasteiger partial charge in [0.1, 0.15) is 0 Å². The van der Waals surface area contributed by atoms with Gasteiger partial charge in [0.25, 0.3) is 0 Å². The number of ether oxygens (including phenoxy) is 1. The highest BCUT2D eigenvalue weighted by Gasteiger charge is 2.49. The van der Waals surface area contributed by atoms with Gasteiger partial charge in [-0.2, -0.15) is 0 Å². The lowest BCUT2D eigenvalue weighted by atomic mass is 10.1. The van der Waals surface area contributed by atoms with Crippen molar-refractivity contribution in [2.24, 2.45) is 11.8 Å². The van der Waals surface area contributed by atoms with E-state index in [0.717, 1.165) is 11.1 Å². The number of halogens is 1. The van der Waals surface area contributed by atoms with Crippen molar-refractivity contribution in [3.63, 3.8) is 0 Å². The fraction of sp³-hybridized carbons (Fsp3) is 0.529. The van der Waals surface area contributed by atoms with E-state index >= 15 is 0 Å². The Balaban J connectivity index is 1.61. The first-order valence-electron chi connectivity index (χ1n) is 7.91. The maximum atomic E-state index is 12.4. The van der Waals surface area contributed by atoms with E-state index < -0.39 is 0 Å². The molecule has 1 heterocycles. The van der Waals surface area contributed by atoms with Crippen molar-refractivity contribution in [2.45, 2.75) is 20.3 Å². The Labute approximate surface area is 140 Å². The van der Waals surface area contributed by atoms with Crippen LogP contribution in [0.2, 0.25) is 5.02 Å².